The van der Waals surface area contributed by atoms with Crippen LogP contribution in [0.1, 0.15) is 19.4 Å². The summed E-state index contributed by atoms with van der Waals surface area (Å²) >= 11 is 0. The Labute approximate surface area is 165 Å². The Morgan fingerprint density at radius 3 is 2.36 bits per heavy atom. The SMILES string of the molecule is CCN(CC)S(=O)(=O)c1ccc(N(C)Cc2cccc(OC)c2)c([N+](=O)[O-])c1. The van der Waals surface area contributed by atoms with Crippen molar-refractivity contribution >= 4 is 21.4 Å². The lowest BCUT2D eigenvalue weighted by Gasteiger charge is -2.21. The summed E-state index contributed by atoms with van der Waals surface area (Å²) < 4.78 is 31.8. The number of rotatable bonds is 9. The lowest BCUT2D eigenvalue weighted by Crippen LogP contribution is -2.30. The zero-order valence-corrected chi connectivity index (χ0v) is 17.3. The Hall–Kier alpha value is -2.65. The summed E-state index contributed by atoms with van der Waals surface area (Å²) in [6.07, 6.45) is 0. The van der Waals surface area contributed by atoms with Crippen LogP contribution in [-0.2, 0) is 16.6 Å². The van der Waals surface area contributed by atoms with Gasteiger partial charge in [-0.2, -0.15) is 4.31 Å². The van der Waals surface area contributed by atoms with Crippen molar-refractivity contribution < 1.29 is 18.1 Å². The van der Waals surface area contributed by atoms with Crippen LogP contribution in [0.5, 0.6) is 5.75 Å². The minimum absolute atomic E-state index is 0.0820. The number of methoxy groups -OCH3 is 1. The van der Waals surface area contributed by atoms with Gasteiger partial charge in [0.2, 0.25) is 10.0 Å². The first-order chi connectivity index (χ1) is 13.2. The topological polar surface area (TPSA) is 93.0 Å². The third-order valence-corrected chi connectivity index (χ3v) is 6.50. The minimum atomic E-state index is -3.77. The molecule has 152 valence electrons. The molecule has 0 aliphatic rings. The van der Waals surface area contributed by atoms with Crippen LogP contribution in [0, 0.1) is 10.1 Å². The van der Waals surface area contributed by atoms with Crippen molar-refractivity contribution in [1.82, 2.24) is 4.31 Å². The summed E-state index contributed by atoms with van der Waals surface area (Å²) in [6, 6.07) is 11.4. The van der Waals surface area contributed by atoms with Crippen LogP contribution < -0.4 is 9.64 Å². The number of hydrogen-bond donors (Lipinski definition) is 0. The fourth-order valence-corrected chi connectivity index (χ4v) is 4.45. The molecular formula is C19H25N3O5S. The highest BCUT2D eigenvalue weighted by atomic mass is 32.2. The predicted octanol–water partition coefficient (Wildman–Crippen LogP) is 3.27. The molecule has 0 atom stereocenters. The van der Waals surface area contributed by atoms with E-state index in [4.69, 9.17) is 4.74 Å². The van der Waals surface area contributed by atoms with Crippen LogP contribution in [-0.4, -0.2) is 44.9 Å². The highest BCUT2D eigenvalue weighted by Gasteiger charge is 2.26. The van der Waals surface area contributed by atoms with E-state index in [-0.39, 0.29) is 10.6 Å². The number of nitro benzene ring substituents is 1. The van der Waals surface area contributed by atoms with Gasteiger partial charge in [-0.15, -0.1) is 0 Å². The fourth-order valence-electron chi connectivity index (χ4n) is 2.98. The largest absolute Gasteiger partial charge is 0.497 e. The number of sulfonamides is 1. The maximum Gasteiger partial charge on any atom is 0.293 e. The predicted molar refractivity (Wildman–Crippen MR) is 108 cm³/mol. The van der Waals surface area contributed by atoms with Crippen LogP contribution in [0.25, 0.3) is 0 Å². The van der Waals surface area contributed by atoms with E-state index in [1.165, 1.54) is 16.4 Å². The summed E-state index contributed by atoms with van der Waals surface area (Å²) in [7, 11) is -0.479. The minimum Gasteiger partial charge on any atom is -0.497 e. The van der Waals surface area contributed by atoms with Crippen molar-refractivity contribution in [3.05, 3.63) is 58.1 Å². The molecule has 0 N–H and O–H groups in total. The molecule has 0 saturated heterocycles. The van der Waals surface area contributed by atoms with Gasteiger partial charge in [-0.05, 0) is 29.8 Å². The average Bonchev–Trinajstić information content (AvgIpc) is 2.68. The Morgan fingerprint density at radius 2 is 1.79 bits per heavy atom. The fraction of sp³-hybridized carbons (Fsp3) is 0.368. The third kappa shape index (κ3) is 4.60. The first-order valence-corrected chi connectivity index (χ1v) is 10.3. The molecule has 8 nitrogen and oxygen atoms in total. The maximum absolute atomic E-state index is 12.7. The van der Waals surface area contributed by atoms with Gasteiger partial charge >= 0.3 is 0 Å². The van der Waals surface area contributed by atoms with Gasteiger partial charge < -0.3 is 9.64 Å². The average molecular weight is 407 g/mol. The molecule has 0 aromatic heterocycles. The summed E-state index contributed by atoms with van der Waals surface area (Å²) in [6.45, 7) is 4.45. The molecule has 0 bridgehead atoms. The zero-order valence-electron chi connectivity index (χ0n) is 16.5. The highest BCUT2D eigenvalue weighted by Crippen LogP contribution is 2.32. The Kier molecular flexibility index (Phi) is 6.98. The van der Waals surface area contributed by atoms with E-state index in [0.29, 0.717) is 31.1 Å². The second-order valence-electron chi connectivity index (χ2n) is 6.20. The van der Waals surface area contributed by atoms with Crippen molar-refractivity contribution in [3.63, 3.8) is 0 Å². The van der Waals surface area contributed by atoms with E-state index < -0.39 is 14.9 Å². The van der Waals surface area contributed by atoms with E-state index in [1.807, 2.05) is 24.3 Å². The van der Waals surface area contributed by atoms with E-state index in [0.717, 1.165) is 11.6 Å². The molecule has 9 heteroatoms. The molecule has 0 aliphatic heterocycles. The van der Waals surface area contributed by atoms with Gasteiger partial charge in [0, 0.05) is 32.7 Å². The number of anilines is 1. The molecule has 0 fully saturated rings. The van der Waals surface area contributed by atoms with Crippen molar-refractivity contribution in [2.75, 3.05) is 32.1 Å². The molecular weight excluding hydrogens is 382 g/mol. The van der Waals surface area contributed by atoms with Crippen molar-refractivity contribution in [1.29, 1.82) is 0 Å². The van der Waals surface area contributed by atoms with Gasteiger partial charge in [-0.3, -0.25) is 10.1 Å². The molecule has 0 saturated carbocycles. The van der Waals surface area contributed by atoms with E-state index in [2.05, 4.69) is 0 Å². The molecule has 0 aliphatic carbocycles. The number of ether oxygens (including phenoxy) is 1. The molecule has 2 aromatic rings. The van der Waals surface area contributed by atoms with E-state index in [1.54, 1.807) is 32.9 Å². The van der Waals surface area contributed by atoms with Gasteiger partial charge in [0.15, 0.2) is 0 Å². The smallest absolute Gasteiger partial charge is 0.293 e. The molecule has 0 heterocycles. The standard InChI is InChI=1S/C19H25N3O5S/c1-5-21(6-2)28(25,26)17-10-11-18(19(13-17)22(23)24)20(3)14-15-8-7-9-16(12-15)27-4/h7-13H,5-6,14H2,1-4H3. The molecule has 2 rings (SSSR count). The third-order valence-electron chi connectivity index (χ3n) is 4.45. The van der Waals surface area contributed by atoms with Crippen LogP contribution in [0.3, 0.4) is 0 Å². The summed E-state index contributed by atoms with van der Waals surface area (Å²) in [5.74, 6) is 0.695. The number of nitro groups is 1. The molecule has 0 amide bonds. The Bertz CT molecular complexity index is 942. The Morgan fingerprint density at radius 1 is 1.11 bits per heavy atom. The Balaban J connectivity index is 2.41. The van der Waals surface area contributed by atoms with E-state index >= 15 is 0 Å². The number of hydrogen-bond acceptors (Lipinski definition) is 6. The quantitative estimate of drug-likeness (QED) is 0.468. The van der Waals surface area contributed by atoms with Crippen molar-refractivity contribution in [2.24, 2.45) is 0 Å². The zero-order chi connectivity index (χ0) is 20.9. The summed E-state index contributed by atoms with van der Waals surface area (Å²) in [5.41, 5.74) is 1.00. The van der Waals surface area contributed by atoms with Crippen molar-refractivity contribution in [2.45, 2.75) is 25.3 Å². The van der Waals surface area contributed by atoms with Crippen LogP contribution in [0.4, 0.5) is 11.4 Å². The lowest BCUT2D eigenvalue weighted by atomic mass is 10.2. The number of nitrogens with zero attached hydrogens (tertiary/aromatic N) is 3. The number of benzene rings is 2. The monoisotopic (exact) mass is 407 g/mol. The van der Waals surface area contributed by atoms with Crippen LogP contribution in [0.15, 0.2) is 47.4 Å². The lowest BCUT2D eigenvalue weighted by molar-refractivity contribution is -0.384. The maximum atomic E-state index is 12.7. The van der Waals surface area contributed by atoms with Gasteiger partial charge in [-0.25, -0.2) is 8.42 Å². The van der Waals surface area contributed by atoms with Gasteiger partial charge in [0.1, 0.15) is 11.4 Å². The second-order valence-corrected chi connectivity index (χ2v) is 8.14. The summed E-state index contributed by atoms with van der Waals surface area (Å²) in [5, 5.41) is 11.6. The second kappa shape index (κ2) is 9.03. The normalized spacial score (nSPS) is 11.5. The molecule has 2 aromatic carbocycles. The summed E-state index contributed by atoms with van der Waals surface area (Å²) in [4.78, 5) is 12.7. The first-order valence-electron chi connectivity index (χ1n) is 8.87. The van der Waals surface area contributed by atoms with Crippen molar-refractivity contribution in [3.8, 4) is 5.75 Å². The molecule has 0 spiro atoms. The van der Waals surface area contributed by atoms with Gasteiger partial charge in [-0.1, -0.05) is 26.0 Å². The van der Waals surface area contributed by atoms with Crippen LogP contribution >= 0.6 is 0 Å². The van der Waals surface area contributed by atoms with Crippen LogP contribution in [0.2, 0.25) is 0 Å². The first kappa shape index (κ1) is 21.6. The highest BCUT2D eigenvalue weighted by molar-refractivity contribution is 7.89. The molecule has 0 unspecified atom stereocenters. The van der Waals surface area contributed by atoms with E-state index in [9.17, 15) is 18.5 Å². The molecule has 28 heavy (non-hydrogen) atoms. The van der Waals surface area contributed by atoms with Gasteiger partial charge in [0.25, 0.3) is 5.69 Å². The molecule has 0 radical (unpaired) electrons. The van der Waals surface area contributed by atoms with Gasteiger partial charge in [0.05, 0.1) is 16.9 Å².